The van der Waals surface area contributed by atoms with Crippen LogP contribution < -0.4 is 0 Å². The molecule has 4 nitrogen and oxygen atoms in total. The number of hydrogen-bond donors (Lipinski definition) is 1. The van der Waals surface area contributed by atoms with Crippen molar-refractivity contribution in [3.05, 3.63) is 47.3 Å². The fourth-order valence-electron chi connectivity index (χ4n) is 2.19. The topological polar surface area (TPSA) is 65.4 Å². The minimum absolute atomic E-state index is 0.581. The predicted octanol–water partition coefficient (Wildman–Crippen LogP) is 3.11. The van der Waals surface area contributed by atoms with Gasteiger partial charge < -0.3 is 4.98 Å². The van der Waals surface area contributed by atoms with Crippen LogP contribution in [0.3, 0.4) is 0 Å². The molecule has 0 fully saturated rings. The van der Waals surface area contributed by atoms with Gasteiger partial charge in [-0.2, -0.15) is 5.26 Å². The molecule has 0 spiro atoms. The van der Waals surface area contributed by atoms with Crippen LogP contribution in [-0.4, -0.2) is 15.0 Å². The molecule has 0 saturated heterocycles. The van der Waals surface area contributed by atoms with E-state index in [1.54, 1.807) is 6.07 Å². The number of para-hydroxylation sites is 1. The zero-order valence-corrected chi connectivity index (χ0v) is 10.7. The second kappa shape index (κ2) is 4.21. The highest BCUT2D eigenvalue weighted by molar-refractivity contribution is 5.84. The van der Waals surface area contributed by atoms with Gasteiger partial charge in [0.2, 0.25) is 0 Å². The number of nitriles is 1. The second-order valence-corrected chi connectivity index (χ2v) is 4.48. The first-order chi connectivity index (χ1) is 9.19. The zero-order valence-electron chi connectivity index (χ0n) is 10.7. The average molecular weight is 248 g/mol. The van der Waals surface area contributed by atoms with Gasteiger partial charge in [0.1, 0.15) is 17.4 Å². The fourth-order valence-corrected chi connectivity index (χ4v) is 2.19. The molecule has 0 unspecified atom stereocenters. The maximum absolute atomic E-state index is 9.09. The quantitative estimate of drug-likeness (QED) is 0.719. The van der Waals surface area contributed by atoms with E-state index in [0.29, 0.717) is 11.1 Å². The molecule has 0 aliphatic carbocycles. The molecule has 1 N–H and O–H groups in total. The Morgan fingerprint density at radius 3 is 2.68 bits per heavy atom. The number of nitrogens with zero attached hydrogens (tertiary/aromatic N) is 3. The van der Waals surface area contributed by atoms with Crippen LogP contribution >= 0.6 is 0 Å². The summed E-state index contributed by atoms with van der Waals surface area (Å²) < 4.78 is 0. The summed E-state index contributed by atoms with van der Waals surface area (Å²) in [5.74, 6) is 0.753. The van der Waals surface area contributed by atoms with Crippen LogP contribution in [0.25, 0.3) is 22.4 Å². The lowest BCUT2D eigenvalue weighted by Gasteiger charge is -2.02. The first-order valence-corrected chi connectivity index (χ1v) is 6.02. The number of aryl methyl sites for hydroxylation is 2. The van der Waals surface area contributed by atoms with Gasteiger partial charge >= 0.3 is 0 Å². The predicted molar refractivity (Wildman–Crippen MR) is 73.5 cm³/mol. The van der Waals surface area contributed by atoms with Crippen LogP contribution in [0.1, 0.15) is 17.0 Å². The third-order valence-corrected chi connectivity index (χ3v) is 3.11. The molecule has 0 saturated carbocycles. The van der Waals surface area contributed by atoms with Gasteiger partial charge in [-0.05, 0) is 38.1 Å². The highest BCUT2D eigenvalue weighted by Gasteiger charge is 2.10. The first-order valence-electron chi connectivity index (χ1n) is 6.02. The Morgan fingerprint density at radius 1 is 1.11 bits per heavy atom. The average Bonchev–Trinajstić information content (AvgIpc) is 2.81. The Hall–Kier alpha value is -2.67. The number of pyridine rings is 1. The third kappa shape index (κ3) is 1.85. The molecule has 2 aromatic heterocycles. The van der Waals surface area contributed by atoms with Crippen molar-refractivity contribution in [1.82, 2.24) is 15.0 Å². The molecule has 19 heavy (non-hydrogen) atoms. The van der Waals surface area contributed by atoms with E-state index in [1.807, 2.05) is 38.1 Å². The van der Waals surface area contributed by atoms with Crippen molar-refractivity contribution in [2.75, 3.05) is 0 Å². The summed E-state index contributed by atoms with van der Waals surface area (Å²) in [6.07, 6.45) is 0. The molecule has 0 aliphatic rings. The Bertz CT molecular complexity index is 809. The van der Waals surface area contributed by atoms with Crippen molar-refractivity contribution in [2.24, 2.45) is 0 Å². The van der Waals surface area contributed by atoms with E-state index in [4.69, 9.17) is 5.26 Å². The van der Waals surface area contributed by atoms with Gasteiger partial charge in [0, 0.05) is 17.0 Å². The van der Waals surface area contributed by atoms with Gasteiger partial charge in [0.25, 0.3) is 0 Å². The summed E-state index contributed by atoms with van der Waals surface area (Å²) in [6, 6.07) is 11.7. The van der Waals surface area contributed by atoms with E-state index >= 15 is 0 Å². The number of benzene rings is 1. The van der Waals surface area contributed by atoms with Crippen LogP contribution in [0.15, 0.2) is 30.3 Å². The number of rotatable bonds is 1. The number of nitrogens with one attached hydrogen (secondary N) is 1. The van der Waals surface area contributed by atoms with Crippen LogP contribution in [0.4, 0.5) is 0 Å². The highest BCUT2D eigenvalue weighted by atomic mass is 14.9. The number of aromatic nitrogens is 3. The largest absolute Gasteiger partial charge is 0.338 e. The fraction of sp³-hybridized carbons (Fsp3) is 0.133. The Kier molecular flexibility index (Phi) is 2.53. The summed E-state index contributed by atoms with van der Waals surface area (Å²) in [7, 11) is 0. The second-order valence-electron chi connectivity index (χ2n) is 4.48. The Labute approximate surface area is 110 Å². The van der Waals surface area contributed by atoms with Gasteiger partial charge in [-0.15, -0.1) is 0 Å². The maximum atomic E-state index is 9.09. The van der Waals surface area contributed by atoms with Crippen molar-refractivity contribution < 1.29 is 0 Å². The van der Waals surface area contributed by atoms with Crippen molar-refractivity contribution in [1.29, 1.82) is 5.26 Å². The van der Waals surface area contributed by atoms with Crippen LogP contribution in [-0.2, 0) is 0 Å². The molecular formula is C15H12N4. The molecular weight excluding hydrogens is 236 g/mol. The lowest BCUT2D eigenvalue weighted by Crippen LogP contribution is -1.91. The lowest BCUT2D eigenvalue weighted by molar-refractivity contribution is 1.11. The van der Waals surface area contributed by atoms with Gasteiger partial charge in [0.15, 0.2) is 0 Å². The molecule has 0 radical (unpaired) electrons. The Morgan fingerprint density at radius 2 is 1.95 bits per heavy atom. The highest BCUT2D eigenvalue weighted by Crippen LogP contribution is 2.24. The summed E-state index contributed by atoms with van der Waals surface area (Å²) in [5, 5.41) is 9.09. The minimum atomic E-state index is 0.581. The molecule has 0 bridgehead atoms. The van der Waals surface area contributed by atoms with E-state index in [-0.39, 0.29) is 0 Å². The standard InChI is InChI=1S/C15H12N4/c1-9-6-7-12(10(2)17-9)15-18-13-5-3-4-11(8-16)14(13)19-15/h3-7H,1-2H3,(H,18,19). The summed E-state index contributed by atoms with van der Waals surface area (Å²) in [4.78, 5) is 12.2. The van der Waals surface area contributed by atoms with Crippen molar-refractivity contribution in [3.63, 3.8) is 0 Å². The molecule has 4 heteroatoms. The molecule has 0 aliphatic heterocycles. The zero-order chi connectivity index (χ0) is 13.4. The third-order valence-electron chi connectivity index (χ3n) is 3.11. The number of aromatic amines is 1. The molecule has 2 heterocycles. The molecule has 0 amide bonds. The van der Waals surface area contributed by atoms with Crippen LogP contribution in [0.2, 0.25) is 0 Å². The summed E-state index contributed by atoms with van der Waals surface area (Å²) in [5.41, 5.74) is 5.03. The molecule has 92 valence electrons. The monoisotopic (exact) mass is 248 g/mol. The molecule has 3 aromatic rings. The number of hydrogen-bond acceptors (Lipinski definition) is 3. The molecule has 0 atom stereocenters. The maximum Gasteiger partial charge on any atom is 0.140 e. The number of imidazole rings is 1. The van der Waals surface area contributed by atoms with Crippen molar-refractivity contribution >= 4 is 11.0 Å². The number of fused-ring (bicyclic) bond motifs is 1. The van der Waals surface area contributed by atoms with E-state index < -0.39 is 0 Å². The van der Waals surface area contributed by atoms with Gasteiger partial charge in [-0.3, -0.25) is 4.98 Å². The SMILES string of the molecule is Cc1ccc(-c2nc3c(C#N)cccc3[nH]2)c(C)n1. The van der Waals surface area contributed by atoms with Crippen LogP contribution in [0.5, 0.6) is 0 Å². The van der Waals surface area contributed by atoms with E-state index in [2.05, 4.69) is 21.0 Å². The van der Waals surface area contributed by atoms with E-state index in [1.165, 1.54) is 0 Å². The Balaban J connectivity index is 2.24. The summed E-state index contributed by atoms with van der Waals surface area (Å²) >= 11 is 0. The smallest absolute Gasteiger partial charge is 0.140 e. The lowest BCUT2D eigenvalue weighted by atomic mass is 10.2. The van der Waals surface area contributed by atoms with Crippen LogP contribution in [0, 0.1) is 25.2 Å². The first kappa shape index (κ1) is 11.4. The van der Waals surface area contributed by atoms with E-state index in [9.17, 15) is 0 Å². The van der Waals surface area contributed by atoms with Gasteiger partial charge in [-0.1, -0.05) is 6.07 Å². The van der Waals surface area contributed by atoms with Crippen molar-refractivity contribution in [2.45, 2.75) is 13.8 Å². The minimum Gasteiger partial charge on any atom is -0.338 e. The molecule has 3 rings (SSSR count). The summed E-state index contributed by atoms with van der Waals surface area (Å²) in [6.45, 7) is 3.92. The van der Waals surface area contributed by atoms with E-state index in [0.717, 1.165) is 28.3 Å². The normalized spacial score (nSPS) is 10.6. The van der Waals surface area contributed by atoms with Crippen molar-refractivity contribution in [3.8, 4) is 17.5 Å². The van der Waals surface area contributed by atoms with Gasteiger partial charge in [-0.25, -0.2) is 4.98 Å². The molecule has 1 aromatic carbocycles. The number of H-pyrrole nitrogens is 1. The van der Waals surface area contributed by atoms with Gasteiger partial charge in [0.05, 0.1) is 11.1 Å².